The summed E-state index contributed by atoms with van der Waals surface area (Å²) in [5.41, 5.74) is 0.147. The number of imidazole rings is 1. The van der Waals surface area contributed by atoms with Crippen LogP contribution in [0.1, 0.15) is 10.5 Å². The van der Waals surface area contributed by atoms with Gasteiger partial charge < -0.3 is 10.0 Å². The summed E-state index contributed by atoms with van der Waals surface area (Å²) in [6, 6.07) is 0. The summed E-state index contributed by atoms with van der Waals surface area (Å²) in [5, 5.41) is 10.9. The quantitative estimate of drug-likeness (QED) is 0.811. The van der Waals surface area contributed by atoms with Gasteiger partial charge in [0.1, 0.15) is 0 Å². The van der Waals surface area contributed by atoms with Crippen molar-refractivity contribution in [1.82, 2.24) is 9.38 Å². The second kappa shape index (κ2) is 3.87. The van der Waals surface area contributed by atoms with Crippen LogP contribution in [0.2, 0.25) is 0 Å². The Labute approximate surface area is 95.9 Å². The maximum atomic E-state index is 11.2. The Morgan fingerprint density at radius 1 is 1.81 bits per heavy atom. The van der Waals surface area contributed by atoms with Crippen molar-refractivity contribution in [3.05, 3.63) is 17.3 Å². The largest absolute Gasteiger partial charge is 0.476 e. The molecule has 0 aliphatic carbocycles. The molecule has 0 unspecified atom stereocenters. The Morgan fingerprint density at radius 3 is 3.19 bits per heavy atom. The van der Waals surface area contributed by atoms with Crippen LogP contribution in [-0.2, 0) is 0 Å². The van der Waals surface area contributed by atoms with Gasteiger partial charge in [-0.3, -0.25) is 4.40 Å². The van der Waals surface area contributed by atoms with E-state index in [-0.39, 0.29) is 5.69 Å². The third-order valence-corrected chi connectivity index (χ3v) is 2.89. The Kier molecular flexibility index (Phi) is 2.54. The van der Waals surface area contributed by atoms with Crippen molar-refractivity contribution >= 4 is 28.1 Å². The molecule has 2 aromatic heterocycles. The third-order valence-electron chi connectivity index (χ3n) is 2.14. The second-order valence-electron chi connectivity index (χ2n) is 3.20. The molecule has 0 aromatic carbocycles. The maximum Gasteiger partial charge on any atom is 0.356 e. The Balaban J connectivity index is 2.60. The van der Waals surface area contributed by atoms with Crippen molar-refractivity contribution < 1.29 is 9.90 Å². The van der Waals surface area contributed by atoms with E-state index in [2.05, 4.69) is 10.9 Å². The van der Waals surface area contributed by atoms with Crippen LogP contribution >= 0.6 is 11.3 Å². The van der Waals surface area contributed by atoms with E-state index in [1.54, 1.807) is 27.9 Å². The second-order valence-corrected chi connectivity index (χ2v) is 4.08. The lowest BCUT2D eigenvalue weighted by atomic mass is 10.4. The molecule has 6 heteroatoms. The van der Waals surface area contributed by atoms with Crippen LogP contribution < -0.4 is 4.90 Å². The number of terminal acetylenes is 1. The molecule has 82 valence electrons. The number of aromatic carboxylic acids is 1. The van der Waals surface area contributed by atoms with Gasteiger partial charge in [0.05, 0.1) is 6.54 Å². The van der Waals surface area contributed by atoms with Crippen molar-refractivity contribution in [2.24, 2.45) is 0 Å². The summed E-state index contributed by atoms with van der Waals surface area (Å²) in [5.74, 6) is 1.85. The lowest BCUT2D eigenvalue weighted by Crippen LogP contribution is -2.20. The minimum atomic E-state index is -1.01. The standard InChI is InChI=1S/C10H9N3O2S/c1-3-4-12(2)8-7(9(14)15)13-5-6-16-10(13)11-8/h1,5-6H,4H2,2H3,(H,14,15). The first-order chi connectivity index (χ1) is 7.65. The molecule has 0 fully saturated rings. The molecule has 16 heavy (non-hydrogen) atoms. The predicted octanol–water partition coefficient (Wildman–Crippen LogP) is 1.16. The van der Waals surface area contributed by atoms with Crippen molar-refractivity contribution in [3.63, 3.8) is 0 Å². The number of thiazole rings is 1. The zero-order valence-corrected chi connectivity index (χ0v) is 9.36. The number of hydrogen-bond acceptors (Lipinski definition) is 4. The SMILES string of the molecule is C#CCN(C)c1nc2sccn2c1C(=O)O. The average Bonchev–Trinajstić information content (AvgIpc) is 2.74. The van der Waals surface area contributed by atoms with E-state index in [0.29, 0.717) is 17.3 Å². The molecule has 0 bridgehead atoms. The molecule has 0 saturated carbocycles. The molecule has 0 saturated heterocycles. The van der Waals surface area contributed by atoms with Gasteiger partial charge in [-0.15, -0.1) is 17.8 Å². The minimum Gasteiger partial charge on any atom is -0.476 e. The van der Waals surface area contributed by atoms with E-state index in [0.717, 1.165) is 0 Å². The first kappa shape index (κ1) is 10.5. The molecule has 2 rings (SSSR count). The average molecular weight is 235 g/mol. The van der Waals surface area contributed by atoms with E-state index >= 15 is 0 Å². The number of nitrogens with zero attached hydrogens (tertiary/aromatic N) is 3. The van der Waals surface area contributed by atoms with Gasteiger partial charge >= 0.3 is 5.97 Å². The molecule has 1 N–H and O–H groups in total. The number of rotatable bonds is 3. The topological polar surface area (TPSA) is 57.8 Å². The van der Waals surface area contributed by atoms with Crippen LogP contribution in [0.25, 0.3) is 4.96 Å². The third kappa shape index (κ3) is 1.51. The summed E-state index contributed by atoms with van der Waals surface area (Å²) in [6.45, 7) is 0.325. The highest BCUT2D eigenvalue weighted by Gasteiger charge is 2.21. The highest BCUT2D eigenvalue weighted by molar-refractivity contribution is 7.15. The van der Waals surface area contributed by atoms with Crippen LogP contribution in [0.4, 0.5) is 5.82 Å². The van der Waals surface area contributed by atoms with Gasteiger partial charge in [0.25, 0.3) is 0 Å². The molecule has 2 heterocycles. The number of carbonyl (C=O) groups is 1. The zero-order valence-electron chi connectivity index (χ0n) is 8.54. The lowest BCUT2D eigenvalue weighted by molar-refractivity contribution is 0.0690. The van der Waals surface area contributed by atoms with Crippen LogP contribution in [0.3, 0.4) is 0 Å². The number of carboxylic acids is 1. The van der Waals surface area contributed by atoms with Crippen molar-refractivity contribution in [3.8, 4) is 12.3 Å². The van der Waals surface area contributed by atoms with Crippen LogP contribution in [0, 0.1) is 12.3 Å². The molecule has 0 atom stereocenters. The summed E-state index contributed by atoms with van der Waals surface area (Å²) in [7, 11) is 1.72. The number of hydrogen-bond donors (Lipinski definition) is 1. The number of anilines is 1. The summed E-state index contributed by atoms with van der Waals surface area (Å²) >= 11 is 1.39. The van der Waals surface area contributed by atoms with Gasteiger partial charge in [-0.2, -0.15) is 0 Å². The fraction of sp³-hybridized carbons (Fsp3) is 0.200. The number of carboxylic acid groups (broad SMARTS) is 1. The smallest absolute Gasteiger partial charge is 0.356 e. The van der Waals surface area contributed by atoms with Gasteiger partial charge in [0.2, 0.25) is 0 Å². The summed E-state index contributed by atoms with van der Waals surface area (Å²) in [4.78, 5) is 17.7. The van der Waals surface area contributed by atoms with Crippen LogP contribution in [0.5, 0.6) is 0 Å². The van der Waals surface area contributed by atoms with Gasteiger partial charge in [-0.05, 0) is 0 Å². The molecule has 0 spiro atoms. The molecular formula is C10H9N3O2S. The molecule has 5 nitrogen and oxygen atoms in total. The van der Waals surface area contributed by atoms with E-state index in [9.17, 15) is 4.79 Å². The zero-order chi connectivity index (χ0) is 11.7. The van der Waals surface area contributed by atoms with Crippen LogP contribution in [-0.4, -0.2) is 34.1 Å². The van der Waals surface area contributed by atoms with Crippen molar-refractivity contribution in [2.45, 2.75) is 0 Å². The molecule has 0 radical (unpaired) electrons. The highest BCUT2D eigenvalue weighted by Crippen LogP contribution is 2.23. The van der Waals surface area contributed by atoms with Crippen LogP contribution in [0.15, 0.2) is 11.6 Å². The maximum absolute atomic E-state index is 11.2. The van der Waals surface area contributed by atoms with Crippen molar-refractivity contribution in [2.75, 3.05) is 18.5 Å². The fourth-order valence-corrected chi connectivity index (χ4v) is 2.16. The summed E-state index contributed by atoms with van der Waals surface area (Å²) in [6.07, 6.45) is 6.88. The molecule has 2 aromatic rings. The van der Waals surface area contributed by atoms with Gasteiger partial charge in [-0.1, -0.05) is 5.92 Å². The van der Waals surface area contributed by atoms with E-state index in [4.69, 9.17) is 11.5 Å². The first-order valence-corrected chi connectivity index (χ1v) is 5.36. The molecular weight excluding hydrogens is 226 g/mol. The molecule has 0 aliphatic heterocycles. The number of fused-ring (bicyclic) bond motifs is 1. The minimum absolute atomic E-state index is 0.147. The highest BCUT2D eigenvalue weighted by atomic mass is 32.1. The van der Waals surface area contributed by atoms with Gasteiger partial charge in [-0.25, -0.2) is 9.78 Å². The Morgan fingerprint density at radius 2 is 2.56 bits per heavy atom. The lowest BCUT2D eigenvalue weighted by Gasteiger charge is -2.13. The van der Waals surface area contributed by atoms with Gasteiger partial charge in [0.15, 0.2) is 16.5 Å². The first-order valence-electron chi connectivity index (χ1n) is 4.48. The monoisotopic (exact) mass is 235 g/mol. The van der Waals surface area contributed by atoms with E-state index in [1.807, 2.05) is 0 Å². The van der Waals surface area contributed by atoms with E-state index < -0.39 is 5.97 Å². The fourth-order valence-electron chi connectivity index (χ4n) is 1.45. The predicted molar refractivity (Wildman–Crippen MR) is 62.1 cm³/mol. The summed E-state index contributed by atoms with van der Waals surface area (Å²) < 4.78 is 1.55. The molecule has 0 amide bonds. The van der Waals surface area contributed by atoms with Crippen molar-refractivity contribution in [1.29, 1.82) is 0 Å². The number of aromatic nitrogens is 2. The van der Waals surface area contributed by atoms with E-state index in [1.165, 1.54) is 11.3 Å². The molecule has 0 aliphatic rings. The Hall–Kier alpha value is -2.00. The normalized spacial score (nSPS) is 10.2. The van der Waals surface area contributed by atoms with Gasteiger partial charge in [0, 0.05) is 18.6 Å². The Bertz CT molecular complexity index is 578.